The molecule has 2 aliphatic heterocycles. The van der Waals surface area contributed by atoms with Crippen LogP contribution in [0.4, 0.5) is 5.69 Å². The number of aliphatic hydroxyl groups is 1. The van der Waals surface area contributed by atoms with Crippen LogP contribution in [0.3, 0.4) is 0 Å². The Hall–Kier alpha value is -2.67. The summed E-state index contributed by atoms with van der Waals surface area (Å²) in [5, 5.41) is 11.6. The van der Waals surface area contributed by atoms with Crippen LogP contribution in [0.2, 0.25) is 0 Å². The summed E-state index contributed by atoms with van der Waals surface area (Å²) < 4.78 is 5.44. The predicted octanol–water partition coefficient (Wildman–Crippen LogP) is 2.95. The second-order valence-electron chi connectivity index (χ2n) is 8.27. The molecule has 2 aliphatic rings. The number of allylic oxidation sites excluding steroid dienone is 2. The molecule has 0 spiro atoms. The monoisotopic (exact) mass is 421 g/mol. The van der Waals surface area contributed by atoms with Gasteiger partial charge in [0.1, 0.15) is 0 Å². The first kappa shape index (κ1) is 21.6. The van der Waals surface area contributed by atoms with Crippen LogP contribution in [0.25, 0.3) is 16.8 Å². The van der Waals surface area contributed by atoms with E-state index in [1.165, 1.54) is 0 Å². The first-order valence-corrected chi connectivity index (χ1v) is 11.0. The van der Waals surface area contributed by atoms with Gasteiger partial charge in [-0.25, -0.2) is 0 Å². The summed E-state index contributed by atoms with van der Waals surface area (Å²) in [4.78, 5) is 20.4. The zero-order valence-corrected chi connectivity index (χ0v) is 17.9. The quantitative estimate of drug-likeness (QED) is 0.702. The SMILES string of the molecule is C=C/C=C\C(=C\c1cc2ccc(N3CCCC(O)C3)cc2c(=O)[nH]1)CN1CCOCC1. The topological polar surface area (TPSA) is 68.8 Å². The van der Waals surface area contributed by atoms with E-state index in [9.17, 15) is 9.90 Å². The van der Waals surface area contributed by atoms with E-state index in [0.29, 0.717) is 11.9 Å². The van der Waals surface area contributed by atoms with Gasteiger partial charge in [-0.1, -0.05) is 30.9 Å². The van der Waals surface area contributed by atoms with E-state index < -0.39 is 0 Å². The number of hydrogen-bond donors (Lipinski definition) is 2. The number of hydrogen-bond acceptors (Lipinski definition) is 5. The lowest BCUT2D eigenvalue weighted by Crippen LogP contribution is -2.38. The standard InChI is InChI=1S/C25H31N3O3/c1-2-3-5-19(17-27-10-12-31-13-11-27)14-21-15-20-7-8-22(16-24(20)25(30)26-21)28-9-4-6-23(29)18-28/h2-3,5,7-8,14-16,23,29H,1,4,6,9-13,17-18H2,(H,26,30)/b5-3-,19-14-. The second kappa shape index (κ2) is 10.1. The molecule has 0 saturated carbocycles. The maximum atomic E-state index is 12.9. The molecular formula is C25H31N3O3. The minimum Gasteiger partial charge on any atom is -0.391 e. The number of piperidine rings is 1. The third kappa shape index (κ3) is 5.53. The van der Waals surface area contributed by atoms with Crippen molar-refractivity contribution in [1.29, 1.82) is 0 Å². The van der Waals surface area contributed by atoms with E-state index in [1.54, 1.807) is 6.08 Å². The van der Waals surface area contributed by atoms with E-state index in [-0.39, 0.29) is 11.7 Å². The van der Waals surface area contributed by atoms with Gasteiger partial charge in [0, 0.05) is 49.5 Å². The number of fused-ring (bicyclic) bond motifs is 1. The van der Waals surface area contributed by atoms with Crippen molar-refractivity contribution in [2.75, 3.05) is 50.8 Å². The molecule has 1 aromatic carbocycles. The molecule has 31 heavy (non-hydrogen) atoms. The second-order valence-corrected chi connectivity index (χ2v) is 8.27. The van der Waals surface area contributed by atoms with Gasteiger partial charge in [-0.15, -0.1) is 0 Å². The van der Waals surface area contributed by atoms with Gasteiger partial charge in [0.15, 0.2) is 0 Å². The number of rotatable bonds is 6. The van der Waals surface area contributed by atoms with E-state index in [0.717, 1.165) is 74.6 Å². The zero-order chi connectivity index (χ0) is 21.6. The number of aromatic amines is 1. The Bertz CT molecular complexity index is 1030. The number of H-pyrrole nitrogens is 1. The summed E-state index contributed by atoms with van der Waals surface area (Å²) in [5.74, 6) is 0. The third-order valence-corrected chi connectivity index (χ3v) is 5.91. The minimum atomic E-state index is -0.302. The number of nitrogens with zero attached hydrogens (tertiary/aromatic N) is 2. The molecule has 164 valence electrons. The largest absolute Gasteiger partial charge is 0.391 e. The van der Waals surface area contributed by atoms with Crippen molar-refractivity contribution in [2.45, 2.75) is 18.9 Å². The average molecular weight is 422 g/mol. The van der Waals surface area contributed by atoms with Crippen LogP contribution in [-0.2, 0) is 4.74 Å². The Morgan fingerprint density at radius 1 is 1.26 bits per heavy atom. The fraction of sp³-hybridized carbons (Fsp3) is 0.400. The highest BCUT2D eigenvalue weighted by atomic mass is 16.5. The van der Waals surface area contributed by atoms with Crippen LogP contribution in [0.15, 0.2) is 59.4 Å². The van der Waals surface area contributed by atoms with Gasteiger partial charge in [0.25, 0.3) is 5.56 Å². The van der Waals surface area contributed by atoms with Crippen LogP contribution in [-0.4, -0.2) is 67.0 Å². The molecule has 3 heterocycles. The Morgan fingerprint density at radius 3 is 2.87 bits per heavy atom. The van der Waals surface area contributed by atoms with Gasteiger partial charge in [0.05, 0.1) is 19.3 Å². The van der Waals surface area contributed by atoms with Crippen molar-refractivity contribution in [3.63, 3.8) is 0 Å². The van der Waals surface area contributed by atoms with Crippen LogP contribution in [0.5, 0.6) is 0 Å². The maximum Gasteiger partial charge on any atom is 0.256 e. The molecule has 1 atom stereocenters. The fourth-order valence-electron chi connectivity index (χ4n) is 4.29. The Labute approximate surface area is 183 Å². The Kier molecular flexibility index (Phi) is 7.02. The zero-order valence-electron chi connectivity index (χ0n) is 17.9. The highest BCUT2D eigenvalue weighted by molar-refractivity contribution is 5.86. The fourth-order valence-corrected chi connectivity index (χ4v) is 4.29. The summed E-state index contributed by atoms with van der Waals surface area (Å²) in [6.07, 6.45) is 9.25. The minimum absolute atomic E-state index is 0.0958. The summed E-state index contributed by atoms with van der Waals surface area (Å²) in [6.45, 7) is 9.40. The van der Waals surface area contributed by atoms with Gasteiger partial charge in [-0.3, -0.25) is 9.69 Å². The Morgan fingerprint density at radius 2 is 2.10 bits per heavy atom. The molecule has 1 aromatic heterocycles. The number of aromatic nitrogens is 1. The van der Waals surface area contributed by atoms with Gasteiger partial charge in [0.2, 0.25) is 0 Å². The van der Waals surface area contributed by atoms with E-state index in [2.05, 4.69) is 21.4 Å². The molecule has 0 aliphatic carbocycles. The van der Waals surface area contributed by atoms with Gasteiger partial charge < -0.3 is 19.7 Å². The molecule has 0 bridgehead atoms. The van der Waals surface area contributed by atoms with Crippen molar-refractivity contribution in [3.05, 3.63) is 70.7 Å². The molecular weight excluding hydrogens is 390 g/mol. The van der Waals surface area contributed by atoms with Crippen molar-refractivity contribution in [2.24, 2.45) is 0 Å². The molecule has 2 N–H and O–H groups in total. The smallest absolute Gasteiger partial charge is 0.256 e. The molecule has 2 fully saturated rings. The lowest BCUT2D eigenvalue weighted by molar-refractivity contribution is 0.0427. The van der Waals surface area contributed by atoms with Crippen molar-refractivity contribution < 1.29 is 9.84 Å². The maximum absolute atomic E-state index is 12.9. The third-order valence-electron chi connectivity index (χ3n) is 5.91. The molecule has 6 nitrogen and oxygen atoms in total. The molecule has 1 unspecified atom stereocenters. The first-order chi connectivity index (χ1) is 15.1. The molecule has 2 saturated heterocycles. The highest BCUT2D eigenvalue weighted by Gasteiger charge is 2.18. The Balaban J connectivity index is 1.61. The number of pyridine rings is 1. The number of β-amino-alcohol motifs (C(OH)–C–C–N with tert-alkyl or cyclic N) is 1. The van der Waals surface area contributed by atoms with Gasteiger partial charge >= 0.3 is 0 Å². The number of nitrogens with one attached hydrogen (secondary N) is 1. The lowest BCUT2D eigenvalue weighted by Gasteiger charge is -2.32. The number of ether oxygens (including phenoxy) is 1. The molecule has 4 rings (SSSR count). The van der Waals surface area contributed by atoms with Gasteiger partial charge in [-0.05, 0) is 48.1 Å². The van der Waals surface area contributed by atoms with E-state index >= 15 is 0 Å². The normalized spacial score (nSPS) is 21.1. The molecule has 6 heteroatoms. The number of benzene rings is 1. The van der Waals surface area contributed by atoms with Crippen molar-refractivity contribution >= 4 is 22.5 Å². The summed E-state index contributed by atoms with van der Waals surface area (Å²) in [7, 11) is 0. The van der Waals surface area contributed by atoms with Crippen molar-refractivity contribution in [1.82, 2.24) is 9.88 Å². The summed E-state index contributed by atoms with van der Waals surface area (Å²) in [5.41, 5.74) is 2.79. The summed E-state index contributed by atoms with van der Waals surface area (Å²) in [6, 6.07) is 8.00. The predicted molar refractivity (Wildman–Crippen MR) is 127 cm³/mol. The first-order valence-electron chi connectivity index (χ1n) is 11.0. The van der Waals surface area contributed by atoms with Crippen LogP contribution < -0.4 is 10.5 Å². The van der Waals surface area contributed by atoms with Crippen molar-refractivity contribution in [3.8, 4) is 0 Å². The molecule has 0 radical (unpaired) electrons. The number of morpholine rings is 1. The highest BCUT2D eigenvalue weighted by Crippen LogP contribution is 2.24. The van der Waals surface area contributed by atoms with E-state index in [1.807, 2.05) is 42.5 Å². The molecule has 0 amide bonds. The number of aliphatic hydroxyl groups excluding tert-OH is 1. The lowest BCUT2D eigenvalue weighted by atomic mass is 10.1. The number of anilines is 1. The average Bonchev–Trinajstić information content (AvgIpc) is 2.78. The van der Waals surface area contributed by atoms with Gasteiger partial charge in [-0.2, -0.15) is 0 Å². The molecule has 2 aromatic rings. The van der Waals surface area contributed by atoms with Crippen LogP contribution in [0.1, 0.15) is 18.5 Å². The van der Waals surface area contributed by atoms with Crippen LogP contribution >= 0.6 is 0 Å². The van der Waals surface area contributed by atoms with Crippen LogP contribution in [0, 0.1) is 0 Å². The van der Waals surface area contributed by atoms with E-state index in [4.69, 9.17) is 4.74 Å². The summed E-state index contributed by atoms with van der Waals surface area (Å²) >= 11 is 0.